The first-order chi connectivity index (χ1) is 6.79. The Balaban J connectivity index is 2.17. The number of hydrogen-bond acceptors (Lipinski definition) is 3. The van der Waals surface area contributed by atoms with Crippen molar-refractivity contribution in [2.45, 2.75) is 45.8 Å². The van der Waals surface area contributed by atoms with Gasteiger partial charge in [-0.2, -0.15) is 0 Å². The fourth-order valence-corrected chi connectivity index (χ4v) is 1.61. The number of carbonyl (C=O) groups excluding carboxylic acids is 1. The molecule has 0 aliphatic heterocycles. The topological polar surface area (TPSA) is 64.3 Å². The van der Waals surface area contributed by atoms with Crippen LogP contribution in [-0.2, 0) is 4.74 Å². The molecule has 0 radical (unpaired) electrons. The van der Waals surface area contributed by atoms with Gasteiger partial charge in [-0.1, -0.05) is 6.92 Å². The number of hydrogen-bond donors (Lipinski definition) is 2. The fourth-order valence-electron chi connectivity index (χ4n) is 1.61. The highest BCUT2D eigenvalue weighted by Gasteiger charge is 2.37. The van der Waals surface area contributed by atoms with Crippen molar-refractivity contribution in [2.75, 3.05) is 6.54 Å². The molecule has 4 heteroatoms. The smallest absolute Gasteiger partial charge is 0.407 e. The number of alkyl carbamates (subject to hydrolysis) is 1. The molecule has 1 fully saturated rings. The molecular formula is C11H22N2O2. The van der Waals surface area contributed by atoms with Crippen molar-refractivity contribution in [1.29, 1.82) is 0 Å². The van der Waals surface area contributed by atoms with E-state index in [1.807, 2.05) is 20.8 Å². The zero-order valence-electron chi connectivity index (χ0n) is 10.0. The Bertz CT molecular complexity index is 235. The van der Waals surface area contributed by atoms with Gasteiger partial charge in [-0.15, -0.1) is 0 Å². The molecule has 1 rings (SSSR count). The molecule has 3 unspecified atom stereocenters. The molecule has 1 amide bonds. The van der Waals surface area contributed by atoms with Crippen LogP contribution in [0.4, 0.5) is 4.79 Å². The molecule has 3 N–H and O–H groups in total. The number of carbonyl (C=O) groups is 1. The molecular weight excluding hydrogens is 192 g/mol. The third-order valence-corrected chi connectivity index (χ3v) is 2.60. The van der Waals surface area contributed by atoms with Crippen molar-refractivity contribution in [3.63, 3.8) is 0 Å². The summed E-state index contributed by atoms with van der Waals surface area (Å²) in [5, 5.41) is 2.69. The quantitative estimate of drug-likeness (QED) is 0.748. The number of nitrogens with two attached hydrogens (primary N) is 1. The Morgan fingerprint density at radius 3 is 2.53 bits per heavy atom. The first-order valence-electron chi connectivity index (χ1n) is 5.52. The Kier molecular flexibility index (Phi) is 3.60. The lowest BCUT2D eigenvalue weighted by Crippen LogP contribution is -2.41. The Morgan fingerprint density at radius 2 is 2.13 bits per heavy atom. The van der Waals surface area contributed by atoms with Crippen molar-refractivity contribution in [3.05, 3.63) is 0 Å². The lowest BCUT2D eigenvalue weighted by Gasteiger charge is -2.20. The van der Waals surface area contributed by atoms with E-state index in [0.29, 0.717) is 18.4 Å². The Labute approximate surface area is 91.5 Å². The van der Waals surface area contributed by atoms with Crippen LogP contribution in [0.25, 0.3) is 0 Å². The zero-order chi connectivity index (χ0) is 11.6. The summed E-state index contributed by atoms with van der Waals surface area (Å²) in [6, 6.07) is 0.0625. The van der Waals surface area contributed by atoms with Gasteiger partial charge in [-0.3, -0.25) is 0 Å². The van der Waals surface area contributed by atoms with Gasteiger partial charge in [0.15, 0.2) is 0 Å². The SMILES string of the molecule is CC1CC1C(N)CNC(=O)OC(C)(C)C. The van der Waals surface area contributed by atoms with Crippen molar-refractivity contribution in [1.82, 2.24) is 5.32 Å². The van der Waals surface area contributed by atoms with Gasteiger partial charge in [0, 0.05) is 12.6 Å². The van der Waals surface area contributed by atoms with E-state index in [1.165, 1.54) is 6.42 Å². The summed E-state index contributed by atoms with van der Waals surface area (Å²) in [6.07, 6.45) is 0.795. The summed E-state index contributed by atoms with van der Waals surface area (Å²) in [5.74, 6) is 1.28. The minimum absolute atomic E-state index is 0.0625. The van der Waals surface area contributed by atoms with E-state index in [2.05, 4.69) is 12.2 Å². The summed E-state index contributed by atoms with van der Waals surface area (Å²) in [4.78, 5) is 11.3. The first kappa shape index (κ1) is 12.3. The van der Waals surface area contributed by atoms with Crippen LogP contribution in [-0.4, -0.2) is 24.3 Å². The van der Waals surface area contributed by atoms with E-state index in [9.17, 15) is 4.79 Å². The van der Waals surface area contributed by atoms with Gasteiger partial charge in [-0.05, 0) is 39.0 Å². The van der Waals surface area contributed by atoms with Crippen molar-refractivity contribution >= 4 is 6.09 Å². The third kappa shape index (κ3) is 4.51. The summed E-state index contributed by atoms with van der Waals surface area (Å²) >= 11 is 0. The molecule has 1 saturated carbocycles. The maximum absolute atomic E-state index is 11.3. The van der Waals surface area contributed by atoms with Gasteiger partial charge in [0.05, 0.1) is 0 Å². The van der Waals surface area contributed by atoms with Crippen molar-refractivity contribution in [3.8, 4) is 0 Å². The normalized spacial score (nSPS) is 27.0. The Morgan fingerprint density at radius 1 is 1.60 bits per heavy atom. The summed E-state index contributed by atoms with van der Waals surface area (Å²) in [6.45, 7) is 8.21. The number of rotatable bonds is 3. The van der Waals surface area contributed by atoms with Gasteiger partial charge in [-0.25, -0.2) is 4.79 Å². The zero-order valence-corrected chi connectivity index (χ0v) is 10.0. The highest BCUT2D eigenvalue weighted by atomic mass is 16.6. The molecule has 1 aliphatic rings. The second-order valence-corrected chi connectivity index (χ2v) is 5.42. The fraction of sp³-hybridized carbons (Fsp3) is 0.909. The predicted molar refractivity (Wildman–Crippen MR) is 59.5 cm³/mol. The first-order valence-corrected chi connectivity index (χ1v) is 5.52. The van der Waals surface area contributed by atoms with E-state index < -0.39 is 5.60 Å². The second kappa shape index (κ2) is 4.39. The van der Waals surface area contributed by atoms with Gasteiger partial charge >= 0.3 is 6.09 Å². The van der Waals surface area contributed by atoms with E-state index in [0.717, 1.165) is 0 Å². The van der Waals surface area contributed by atoms with Crippen molar-refractivity contribution in [2.24, 2.45) is 17.6 Å². The minimum Gasteiger partial charge on any atom is -0.444 e. The van der Waals surface area contributed by atoms with E-state index >= 15 is 0 Å². The monoisotopic (exact) mass is 214 g/mol. The number of amides is 1. The van der Waals surface area contributed by atoms with Crippen LogP contribution in [0.3, 0.4) is 0 Å². The number of ether oxygens (including phenoxy) is 1. The molecule has 1 aliphatic carbocycles. The lowest BCUT2D eigenvalue weighted by atomic mass is 10.2. The molecule has 0 heterocycles. The maximum atomic E-state index is 11.3. The summed E-state index contributed by atoms with van der Waals surface area (Å²) < 4.78 is 5.11. The molecule has 0 saturated heterocycles. The third-order valence-electron chi connectivity index (χ3n) is 2.60. The maximum Gasteiger partial charge on any atom is 0.407 e. The van der Waals surface area contributed by atoms with Gasteiger partial charge in [0.25, 0.3) is 0 Å². The van der Waals surface area contributed by atoms with Gasteiger partial charge in [0.2, 0.25) is 0 Å². The average Bonchev–Trinajstić information content (AvgIpc) is 2.75. The molecule has 3 atom stereocenters. The lowest BCUT2D eigenvalue weighted by molar-refractivity contribution is 0.0523. The van der Waals surface area contributed by atoms with E-state index in [4.69, 9.17) is 10.5 Å². The second-order valence-electron chi connectivity index (χ2n) is 5.42. The van der Waals surface area contributed by atoms with Crippen LogP contribution >= 0.6 is 0 Å². The highest BCUT2D eigenvalue weighted by Crippen LogP contribution is 2.39. The standard InChI is InChI=1S/C11H22N2O2/c1-7-5-8(7)9(12)6-13-10(14)15-11(2,3)4/h7-9H,5-6,12H2,1-4H3,(H,13,14). The molecule has 88 valence electrons. The van der Waals surface area contributed by atoms with Gasteiger partial charge in [0.1, 0.15) is 5.60 Å². The molecule has 0 aromatic rings. The molecule has 4 nitrogen and oxygen atoms in total. The average molecular weight is 214 g/mol. The van der Waals surface area contributed by atoms with Crippen LogP contribution in [0.1, 0.15) is 34.1 Å². The predicted octanol–water partition coefficient (Wildman–Crippen LogP) is 1.49. The molecule has 0 aromatic carbocycles. The highest BCUT2D eigenvalue weighted by molar-refractivity contribution is 5.67. The van der Waals surface area contributed by atoms with E-state index in [1.54, 1.807) is 0 Å². The molecule has 0 spiro atoms. The van der Waals surface area contributed by atoms with Crippen LogP contribution < -0.4 is 11.1 Å². The van der Waals surface area contributed by atoms with Crippen LogP contribution in [0.15, 0.2) is 0 Å². The van der Waals surface area contributed by atoms with Crippen LogP contribution in [0, 0.1) is 11.8 Å². The summed E-state index contributed by atoms with van der Waals surface area (Å²) in [7, 11) is 0. The summed E-state index contributed by atoms with van der Waals surface area (Å²) in [5.41, 5.74) is 5.47. The Hall–Kier alpha value is -0.770. The van der Waals surface area contributed by atoms with Gasteiger partial charge < -0.3 is 15.8 Å². The van der Waals surface area contributed by atoms with Crippen molar-refractivity contribution < 1.29 is 9.53 Å². The largest absolute Gasteiger partial charge is 0.444 e. The number of nitrogens with one attached hydrogen (secondary N) is 1. The molecule has 0 aromatic heterocycles. The molecule has 15 heavy (non-hydrogen) atoms. The van der Waals surface area contributed by atoms with E-state index in [-0.39, 0.29) is 12.1 Å². The van der Waals surface area contributed by atoms with Crippen LogP contribution in [0.5, 0.6) is 0 Å². The van der Waals surface area contributed by atoms with Crippen LogP contribution in [0.2, 0.25) is 0 Å². The molecule has 0 bridgehead atoms. The minimum atomic E-state index is -0.443.